The summed E-state index contributed by atoms with van der Waals surface area (Å²) in [6.07, 6.45) is 7.09. The van der Waals surface area contributed by atoms with E-state index in [1.807, 2.05) is 12.1 Å². The number of anilines is 1. The van der Waals surface area contributed by atoms with Gasteiger partial charge in [0.25, 0.3) is 0 Å². The molecule has 0 bridgehead atoms. The summed E-state index contributed by atoms with van der Waals surface area (Å²) in [7, 11) is -3.05. The minimum atomic E-state index is -3.05. The Labute approximate surface area is 191 Å². The number of rotatable bonds is 7. The Morgan fingerprint density at radius 2 is 1.80 bits per heavy atom. The van der Waals surface area contributed by atoms with Crippen LogP contribution in [-0.2, 0) is 10.0 Å². The molecule has 1 N–H and O–H groups in total. The molecule has 3 fully saturated rings. The zero-order chi connectivity index (χ0) is 21.3. The van der Waals surface area contributed by atoms with E-state index in [-0.39, 0.29) is 11.3 Å². The van der Waals surface area contributed by atoms with Gasteiger partial charge in [-0.15, -0.1) is 0 Å². The zero-order valence-electron chi connectivity index (χ0n) is 17.7. The van der Waals surface area contributed by atoms with E-state index in [1.54, 1.807) is 0 Å². The van der Waals surface area contributed by atoms with Gasteiger partial charge in [0.2, 0.25) is 10.0 Å². The number of hydrogen-bond acceptors (Lipinski definition) is 4. The molecule has 5 nitrogen and oxygen atoms in total. The van der Waals surface area contributed by atoms with Crippen LogP contribution in [0.3, 0.4) is 0 Å². The predicted octanol–water partition coefficient (Wildman–Crippen LogP) is 4.53. The van der Waals surface area contributed by atoms with E-state index in [0.29, 0.717) is 22.0 Å². The Hall–Kier alpha value is -0.530. The lowest BCUT2D eigenvalue weighted by Crippen LogP contribution is -2.52. The highest BCUT2D eigenvalue weighted by Crippen LogP contribution is 2.35. The van der Waals surface area contributed by atoms with Gasteiger partial charge in [-0.2, -0.15) is 0 Å². The summed E-state index contributed by atoms with van der Waals surface area (Å²) >= 11 is 12.6. The number of nitrogens with one attached hydrogen (secondary N) is 1. The second kappa shape index (κ2) is 9.53. The molecule has 0 aromatic heterocycles. The van der Waals surface area contributed by atoms with Crippen LogP contribution in [0.4, 0.5) is 5.69 Å². The largest absolute Gasteiger partial charge is 0.365 e. The van der Waals surface area contributed by atoms with Crippen molar-refractivity contribution in [1.29, 1.82) is 0 Å². The molecule has 1 aromatic rings. The maximum Gasteiger partial charge on any atom is 0.214 e. The molecule has 4 rings (SSSR count). The molecule has 0 radical (unpaired) electrons. The van der Waals surface area contributed by atoms with Crippen molar-refractivity contribution in [2.24, 2.45) is 5.92 Å². The topological polar surface area (TPSA) is 52.7 Å². The van der Waals surface area contributed by atoms with Gasteiger partial charge in [-0.05, 0) is 76.5 Å². The fourth-order valence-corrected chi connectivity index (χ4v) is 7.00. The third-order valence-corrected chi connectivity index (χ3v) is 9.77. The second-order valence-corrected chi connectivity index (χ2v) is 12.1. The smallest absolute Gasteiger partial charge is 0.214 e. The van der Waals surface area contributed by atoms with Crippen LogP contribution in [-0.4, -0.2) is 56.8 Å². The van der Waals surface area contributed by atoms with Gasteiger partial charge in [-0.3, -0.25) is 4.90 Å². The van der Waals surface area contributed by atoms with Crippen molar-refractivity contribution in [2.75, 3.05) is 31.1 Å². The molecule has 168 valence electrons. The number of benzene rings is 1. The van der Waals surface area contributed by atoms with Crippen LogP contribution in [0.5, 0.6) is 0 Å². The van der Waals surface area contributed by atoms with Crippen molar-refractivity contribution in [3.63, 3.8) is 0 Å². The van der Waals surface area contributed by atoms with Gasteiger partial charge in [0, 0.05) is 31.7 Å². The van der Waals surface area contributed by atoms with Crippen molar-refractivity contribution in [3.05, 3.63) is 28.2 Å². The van der Waals surface area contributed by atoms with E-state index in [4.69, 9.17) is 23.2 Å². The van der Waals surface area contributed by atoms with Crippen LogP contribution in [0.1, 0.15) is 51.9 Å². The zero-order valence-corrected chi connectivity index (χ0v) is 20.0. The highest BCUT2D eigenvalue weighted by atomic mass is 35.5. The van der Waals surface area contributed by atoms with Gasteiger partial charge in [0.05, 0.1) is 21.0 Å². The van der Waals surface area contributed by atoms with Crippen LogP contribution < -0.4 is 9.62 Å². The van der Waals surface area contributed by atoms with Crippen molar-refractivity contribution in [3.8, 4) is 0 Å². The molecule has 1 saturated heterocycles. The van der Waals surface area contributed by atoms with E-state index in [0.717, 1.165) is 70.4 Å². The van der Waals surface area contributed by atoms with Crippen molar-refractivity contribution < 1.29 is 8.42 Å². The van der Waals surface area contributed by atoms with Crippen molar-refractivity contribution >= 4 is 38.9 Å². The van der Waals surface area contributed by atoms with Crippen LogP contribution in [0, 0.1) is 5.92 Å². The summed E-state index contributed by atoms with van der Waals surface area (Å²) < 4.78 is 27.2. The fourth-order valence-electron chi connectivity index (χ4n) is 4.95. The van der Waals surface area contributed by atoms with Gasteiger partial charge in [0.1, 0.15) is 0 Å². The first-order chi connectivity index (χ1) is 14.3. The molecule has 1 heterocycles. The first-order valence-corrected chi connectivity index (χ1v) is 13.6. The highest BCUT2D eigenvalue weighted by Gasteiger charge is 2.37. The summed E-state index contributed by atoms with van der Waals surface area (Å²) in [5.74, 6) is 0.711. The summed E-state index contributed by atoms with van der Waals surface area (Å²) in [5.41, 5.74) is 1.03. The summed E-state index contributed by atoms with van der Waals surface area (Å²) in [6.45, 7) is 6.38. The first kappa shape index (κ1) is 22.7. The lowest BCUT2D eigenvalue weighted by molar-refractivity contribution is 0.197. The average Bonchev–Trinajstić information content (AvgIpc) is 3.56. The molecule has 0 unspecified atom stereocenters. The maximum absolute atomic E-state index is 12.1. The monoisotopic (exact) mass is 473 g/mol. The molecule has 0 amide bonds. The first-order valence-electron chi connectivity index (χ1n) is 11.3. The molecule has 3 aliphatic rings. The van der Waals surface area contributed by atoms with Gasteiger partial charge in [0.15, 0.2) is 0 Å². The van der Waals surface area contributed by atoms with Gasteiger partial charge in [-0.25, -0.2) is 13.1 Å². The van der Waals surface area contributed by atoms with Gasteiger partial charge >= 0.3 is 0 Å². The SMILES string of the molecule is C[C@@H]1CN(CCC2CCC(NS(=O)(=O)C3CC3)CC2)CCN1c1cccc(Cl)c1Cl. The summed E-state index contributed by atoms with van der Waals surface area (Å²) in [5, 5.41) is 1.14. The minimum Gasteiger partial charge on any atom is -0.365 e. The van der Waals surface area contributed by atoms with Crippen LogP contribution in [0.2, 0.25) is 10.0 Å². The number of hydrogen-bond donors (Lipinski definition) is 1. The third-order valence-electron chi connectivity index (χ3n) is 6.95. The Balaban J connectivity index is 1.20. The van der Waals surface area contributed by atoms with E-state index in [1.165, 1.54) is 6.42 Å². The molecule has 2 aliphatic carbocycles. The summed E-state index contributed by atoms with van der Waals surface area (Å²) in [6, 6.07) is 6.39. The lowest BCUT2D eigenvalue weighted by Gasteiger charge is -2.42. The minimum absolute atomic E-state index is 0.113. The normalized spacial score (nSPS) is 28.6. The third kappa shape index (κ3) is 5.44. The van der Waals surface area contributed by atoms with Crippen LogP contribution in [0.25, 0.3) is 0 Å². The highest BCUT2D eigenvalue weighted by molar-refractivity contribution is 7.90. The predicted molar refractivity (Wildman–Crippen MR) is 125 cm³/mol. The van der Waals surface area contributed by atoms with E-state index < -0.39 is 10.0 Å². The lowest BCUT2D eigenvalue weighted by atomic mass is 9.84. The Kier molecular flexibility index (Phi) is 7.20. The molecule has 2 saturated carbocycles. The molecule has 8 heteroatoms. The standard InChI is InChI=1S/C22H33Cl2N3O2S/c1-16-15-26(13-14-27(16)21-4-2-3-20(23)22(21)24)12-11-17-5-7-18(8-6-17)25-30(28,29)19-9-10-19/h2-4,16-19,25H,5-15H2,1H3/t16-,17?,18?/m1/s1. The Bertz CT molecular complexity index is 839. The van der Waals surface area contributed by atoms with E-state index >= 15 is 0 Å². The molecule has 30 heavy (non-hydrogen) atoms. The number of sulfonamides is 1. The second-order valence-electron chi connectivity index (χ2n) is 9.28. The number of piperazine rings is 1. The van der Waals surface area contributed by atoms with Gasteiger partial charge in [-0.1, -0.05) is 29.3 Å². The molecule has 1 aliphatic heterocycles. The summed E-state index contributed by atoms with van der Waals surface area (Å²) in [4.78, 5) is 4.92. The average molecular weight is 474 g/mol. The van der Waals surface area contributed by atoms with Crippen LogP contribution >= 0.6 is 23.2 Å². The molecule has 1 aromatic carbocycles. The molecule has 0 spiro atoms. The number of halogens is 2. The van der Waals surface area contributed by atoms with Crippen molar-refractivity contribution in [2.45, 2.75) is 69.2 Å². The maximum atomic E-state index is 12.1. The molecular weight excluding hydrogens is 441 g/mol. The quantitative estimate of drug-likeness (QED) is 0.631. The van der Waals surface area contributed by atoms with E-state index in [9.17, 15) is 8.42 Å². The number of nitrogens with zero attached hydrogens (tertiary/aromatic N) is 2. The van der Waals surface area contributed by atoms with E-state index in [2.05, 4.69) is 27.5 Å². The molecular formula is C22H33Cl2N3O2S. The fraction of sp³-hybridized carbons (Fsp3) is 0.727. The Morgan fingerprint density at radius 3 is 2.47 bits per heavy atom. The molecule has 1 atom stereocenters. The Morgan fingerprint density at radius 1 is 1.07 bits per heavy atom. The van der Waals surface area contributed by atoms with Crippen molar-refractivity contribution in [1.82, 2.24) is 9.62 Å². The van der Waals surface area contributed by atoms with Gasteiger partial charge < -0.3 is 4.90 Å². The van der Waals surface area contributed by atoms with Crippen LogP contribution in [0.15, 0.2) is 18.2 Å².